The number of anilines is 1. The standard InChI is InChI=1S/C10H11BrN2S/c11-9-6-7(13-4-1-5-13)2-3-8(9)10(12)14/h2-3,6H,1,4-5H2,(H2,12,14). The molecular formula is C10H11BrN2S. The fourth-order valence-corrected chi connectivity index (χ4v) is 2.36. The summed E-state index contributed by atoms with van der Waals surface area (Å²) in [6.07, 6.45) is 1.29. The van der Waals surface area contributed by atoms with Crippen LogP contribution in [-0.4, -0.2) is 18.1 Å². The largest absolute Gasteiger partial charge is 0.389 e. The lowest BCUT2D eigenvalue weighted by Crippen LogP contribution is -2.36. The molecule has 1 aromatic carbocycles. The molecule has 1 aliphatic heterocycles. The second kappa shape index (κ2) is 3.87. The van der Waals surface area contributed by atoms with Crippen LogP contribution in [0.3, 0.4) is 0 Å². The lowest BCUT2D eigenvalue weighted by Gasteiger charge is -2.33. The van der Waals surface area contributed by atoms with Crippen molar-refractivity contribution in [2.24, 2.45) is 5.73 Å². The number of benzene rings is 1. The lowest BCUT2D eigenvalue weighted by molar-refractivity contribution is 0.617. The Morgan fingerprint density at radius 2 is 2.14 bits per heavy atom. The van der Waals surface area contributed by atoms with Crippen LogP contribution in [0, 0.1) is 0 Å². The summed E-state index contributed by atoms with van der Waals surface area (Å²) < 4.78 is 0.981. The van der Waals surface area contributed by atoms with Gasteiger partial charge in [0.05, 0.1) is 0 Å². The highest BCUT2D eigenvalue weighted by molar-refractivity contribution is 9.10. The highest BCUT2D eigenvalue weighted by Crippen LogP contribution is 2.26. The molecule has 0 aliphatic carbocycles. The zero-order chi connectivity index (χ0) is 10.1. The van der Waals surface area contributed by atoms with Gasteiger partial charge in [0, 0.05) is 28.8 Å². The van der Waals surface area contributed by atoms with Crippen molar-refractivity contribution in [2.45, 2.75) is 6.42 Å². The monoisotopic (exact) mass is 270 g/mol. The van der Waals surface area contributed by atoms with Gasteiger partial charge in [-0.05, 0) is 40.5 Å². The average Bonchev–Trinajstić information content (AvgIpc) is 2.00. The van der Waals surface area contributed by atoms with Gasteiger partial charge in [-0.2, -0.15) is 0 Å². The second-order valence-electron chi connectivity index (χ2n) is 3.37. The summed E-state index contributed by atoms with van der Waals surface area (Å²) in [6, 6.07) is 6.12. The zero-order valence-electron chi connectivity index (χ0n) is 7.66. The minimum absolute atomic E-state index is 0.437. The normalized spacial score (nSPS) is 15.1. The van der Waals surface area contributed by atoms with E-state index in [9.17, 15) is 0 Å². The molecule has 0 atom stereocenters. The highest BCUT2D eigenvalue weighted by Gasteiger charge is 2.15. The third-order valence-corrected chi connectivity index (χ3v) is 3.32. The van der Waals surface area contributed by atoms with Gasteiger partial charge in [0.15, 0.2) is 0 Å². The van der Waals surface area contributed by atoms with Crippen LogP contribution in [0.25, 0.3) is 0 Å². The molecule has 0 saturated carbocycles. The summed E-state index contributed by atoms with van der Waals surface area (Å²) in [5.41, 5.74) is 7.72. The predicted molar refractivity (Wildman–Crippen MR) is 66.9 cm³/mol. The first-order chi connectivity index (χ1) is 6.68. The van der Waals surface area contributed by atoms with Gasteiger partial charge in [-0.15, -0.1) is 0 Å². The van der Waals surface area contributed by atoms with Gasteiger partial charge in [0.2, 0.25) is 0 Å². The van der Waals surface area contributed by atoms with Crippen LogP contribution >= 0.6 is 28.1 Å². The van der Waals surface area contributed by atoms with Crippen LogP contribution in [0.2, 0.25) is 0 Å². The van der Waals surface area contributed by atoms with Crippen LogP contribution in [0.1, 0.15) is 12.0 Å². The van der Waals surface area contributed by atoms with Gasteiger partial charge in [-0.25, -0.2) is 0 Å². The minimum atomic E-state index is 0.437. The number of halogens is 1. The van der Waals surface area contributed by atoms with E-state index in [-0.39, 0.29) is 0 Å². The van der Waals surface area contributed by atoms with Crippen molar-refractivity contribution in [3.05, 3.63) is 28.2 Å². The van der Waals surface area contributed by atoms with Crippen LogP contribution in [0.15, 0.2) is 22.7 Å². The van der Waals surface area contributed by atoms with Gasteiger partial charge in [-0.1, -0.05) is 12.2 Å². The summed E-state index contributed by atoms with van der Waals surface area (Å²) in [7, 11) is 0. The molecule has 4 heteroatoms. The summed E-state index contributed by atoms with van der Waals surface area (Å²) in [6.45, 7) is 2.30. The quantitative estimate of drug-likeness (QED) is 0.837. The van der Waals surface area contributed by atoms with Crippen molar-refractivity contribution in [2.75, 3.05) is 18.0 Å². The maximum Gasteiger partial charge on any atom is 0.105 e. The minimum Gasteiger partial charge on any atom is -0.389 e. The van der Waals surface area contributed by atoms with Crippen molar-refractivity contribution in [3.8, 4) is 0 Å². The molecule has 74 valence electrons. The third kappa shape index (κ3) is 1.77. The molecule has 0 aromatic heterocycles. The van der Waals surface area contributed by atoms with Crippen LogP contribution in [0.4, 0.5) is 5.69 Å². The van der Waals surface area contributed by atoms with E-state index in [0.29, 0.717) is 4.99 Å². The molecule has 2 nitrogen and oxygen atoms in total. The fraction of sp³-hybridized carbons (Fsp3) is 0.300. The van der Waals surface area contributed by atoms with E-state index in [0.717, 1.165) is 23.1 Å². The molecule has 1 aliphatic rings. The maximum absolute atomic E-state index is 5.58. The fourth-order valence-electron chi connectivity index (χ4n) is 1.47. The van der Waals surface area contributed by atoms with Crippen molar-refractivity contribution in [1.82, 2.24) is 0 Å². The third-order valence-electron chi connectivity index (χ3n) is 2.44. The number of hydrogen-bond acceptors (Lipinski definition) is 2. The lowest BCUT2D eigenvalue weighted by atomic mass is 10.1. The second-order valence-corrected chi connectivity index (χ2v) is 4.66. The Morgan fingerprint density at radius 3 is 2.57 bits per heavy atom. The van der Waals surface area contributed by atoms with Gasteiger partial charge >= 0.3 is 0 Å². The number of nitrogens with zero attached hydrogens (tertiary/aromatic N) is 1. The van der Waals surface area contributed by atoms with Gasteiger partial charge in [0.25, 0.3) is 0 Å². The van der Waals surface area contributed by atoms with E-state index in [1.165, 1.54) is 12.1 Å². The Bertz CT molecular complexity index is 374. The van der Waals surface area contributed by atoms with E-state index >= 15 is 0 Å². The average molecular weight is 271 g/mol. The number of nitrogens with two attached hydrogens (primary N) is 1. The summed E-state index contributed by atoms with van der Waals surface area (Å²) in [5, 5.41) is 0. The molecule has 1 heterocycles. The molecule has 0 unspecified atom stereocenters. The molecule has 1 fully saturated rings. The van der Waals surface area contributed by atoms with E-state index in [1.807, 2.05) is 6.07 Å². The molecule has 2 rings (SSSR count). The molecule has 0 bridgehead atoms. The molecular weight excluding hydrogens is 260 g/mol. The summed E-state index contributed by atoms with van der Waals surface area (Å²) in [4.78, 5) is 2.76. The number of rotatable bonds is 2. The predicted octanol–water partition coefficient (Wildman–Crippen LogP) is 2.29. The Kier molecular flexibility index (Phi) is 2.74. The maximum atomic E-state index is 5.58. The van der Waals surface area contributed by atoms with E-state index in [1.54, 1.807) is 0 Å². The summed E-state index contributed by atoms with van der Waals surface area (Å²) >= 11 is 8.41. The molecule has 14 heavy (non-hydrogen) atoms. The van der Waals surface area contributed by atoms with E-state index in [2.05, 4.69) is 33.0 Å². The van der Waals surface area contributed by atoms with E-state index < -0.39 is 0 Å². The van der Waals surface area contributed by atoms with Crippen molar-refractivity contribution in [3.63, 3.8) is 0 Å². The SMILES string of the molecule is NC(=S)c1ccc(N2CCC2)cc1Br. The first-order valence-corrected chi connectivity index (χ1v) is 5.73. The van der Waals surface area contributed by atoms with Crippen LogP contribution in [0.5, 0.6) is 0 Å². The van der Waals surface area contributed by atoms with E-state index in [4.69, 9.17) is 18.0 Å². The van der Waals surface area contributed by atoms with Crippen molar-refractivity contribution in [1.29, 1.82) is 0 Å². The Labute approximate surface area is 97.2 Å². The molecule has 1 saturated heterocycles. The van der Waals surface area contributed by atoms with Gasteiger partial charge in [0.1, 0.15) is 4.99 Å². The molecule has 0 spiro atoms. The first kappa shape index (κ1) is 9.93. The summed E-state index contributed by atoms with van der Waals surface area (Å²) in [5.74, 6) is 0. The molecule has 2 N–H and O–H groups in total. The van der Waals surface area contributed by atoms with Crippen LogP contribution in [-0.2, 0) is 0 Å². The van der Waals surface area contributed by atoms with Crippen molar-refractivity contribution < 1.29 is 0 Å². The van der Waals surface area contributed by atoms with Gasteiger partial charge < -0.3 is 10.6 Å². The molecule has 0 radical (unpaired) electrons. The smallest absolute Gasteiger partial charge is 0.105 e. The van der Waals surface area contributed by atoms with Gasteiger partial charge in [-0.3, -0.25) is 0 Å². The van der Waals surface area contributed by atoms with Crippen molar-refractivity contribution >= 4 is 38.8 Å². The Hall–Kier alpha value is -0.610. The topological polar surface area (TPSA) is 29.3 Å². The number of hydrogen-bond donors (Lipinski definition) is 1. The first-order valence-electron chi connectivity index (χ1n) is 4.53. The molecule has 1 aromatic rings. The highest BCUT2D eigenvalue weighted by atomic mass is 79.9. The number of thiocarbonyl (C=S) groups is 1. The Morgan fingerprint density at radius 1 is 1.43 bits per heavy atom. The Balaban J connectivity index is 2.30. The molecule has 0 amide bonds. The van der Waals surface area contributed by atoms with Crippen LogP contribution < -0.4 is 10.6 Å². The zero-order valence-corrected chi connectivity index (χ0v) is 10.1.